The van der Waals surface area contributed by atoms with Crippen LogP contribution in [0.2, 0.25) is 0 Å². The molecule has 0 fully saturated rings. The van der Waals surface area contributed by atoms with Gasteiger partial charge in [0.2, 0.25) is 0 Å². The molecule has 0 bridgehead atoms. The topological polar surface area (TPSA) is 21.7 Å². The summed E-state index contributed by atoms with van der Waals surface area (Å²) >= 11 is 0. The lowest BCUT2D eigenvalue weighted by Crippen LogP contribution is -2.38. The Labute approximate surface area is 119 Å². The second-order valence-electron chi connectivity index (χ2n) is 5.32. The lowest BCUT2D eigenvalue weighted by atomic mass is 10.0. The van der Waals surface area contributed by atoms with Crippen LogP contribution in [0.15, 0.2) is 54.6 Å². The van der Waals surface area contributed by atoms with Crippen LogP contribution in [0.5, 0.6) is 11.5 Å². The minimum Gasteiger partial charge on any atom is -0.444 e. The number of nitrogens with zero attached hydrogens (tertiary/aromatic N) is 1. The van der Waals surface area contributed by atoms with Crippen molar-refractivity contribution in [3.8, 4) is 11.5 Å². The van der Waals surface area contributed by atoms with Gasteiger partial charge in [0, 0.05) is 18.5 Å². The first-order valence-electron chi connectivity index (χ1n) is 6.87. The maximum Gasteiger partial charge on any atom is 0.279 e. The van der Waals surface area contributed by atoms with Crippen molar-refractivity contribution in [1.29, 1.82) is 0 Å². The SMILES string of the molecule is CN(C)CCC1(c2ccccc2)Oc2ccccc2O1. The van der Waals surface area contributed by atoms with Gasteiger partial charge in [0.15, 0.2) is 11.5 Å². The van der Waals surface area contributed by atoms with Crippen molar-refractivity contribution in [2.45, 2.75) is 12.2 Å². The molecule has 3 nitrogen and oxygen atoms in total. The molecule has 3 heteroatoms. The Kier molecular flexibility index (Phi) is 3.36. The van der Waals surface area contributed by atoms with E-state index in [2.05, 4.69) is 31.1 Å². The first-order valence-corrected chi connectivity index (χ1v) is 6.87. The fraction of sp³-hybridized carbons (Fsp3) is 0.294. The molecule has 0 radical (unpaired) electrons. The summed E-state index contributed by atoms with van der Waals surface area (Å²) in [6, 6.07) is 18.0. The van der Waals surface area contributed by atoms with E-state index in [1.54, 1.807) is 0 Å². The molecule has 1 aliphatic heterocycles. The fourth-order valence-electron chi connectivity index (χ4n) is 2.42. The number of hydrogen-bond acceptors (Lipinski definition) is 3. The largest absolute Gasteiger partial charge is 0.444 e. The maximum atomic E-state index is 6.18. The summed E-state index contributed by atoms with van der Waals surface area (Å²) in [5.41, 5.74) is 1.05. The second kappa shape index (κ2) is 5.17. The van der Waals surface area contributed by atoms with E-state index in [1.807, 2.05) is 42.5 Å². The molecule has 0 atom stereocenters. The van der Waals surface area contributed by atoms with Gasteiger partial charge < -0.3 is 14.4 Å². The van der Waals surface area contributed by atoms with Crippen molar-refractivity contribution in [3.63, 3.8) is 0 Å². The van der Waals surface area contributed by atoms with Crippen molar-refractivity contribution in [2.24, 2.45) is 0 Å². The second-order valence-corrected chi connectivity index (χ2v) is 5.32. The van der Waals surface area contributed by atoms with E-state index in [-0.39, 0.29) is 0 Å². The Hall–Kier alpha value is -2.00. The lowest BCUT2D eigenvalue weighted by Gasteiger charge is -2.29. The zero-order valence-corrected chi connectivity index (χ0v) is 11.9. The molecule has 0 aliphatic carbocycles. The van der Waals surface area contributed by atoms with Crippen molar-refractivity contribution in [1.82, 2.24) is 4.90 Å². The van der Waals surface area contributed by atoms with Gasteiger partial charge in [-0.25, -0.2) is 0 Å². The van der Waals surface area contributed by atoms with Crippen LogP contribution < -0.4 is 9.47 Å². The van der Waals surface area contributed by atoms with E-state index >= 15 is 0 Å². The molecule has 20 heavy (non-hydrogen) atoms. The van der Waals surface area contributed by atoms with E-state index in [0.29, 0.717) is 0 Å². The van der Waals surface area contributed by atoms with Crippen LogP contribution in [0.25, 0.3) is 0 Å². The summed E-state index contributed by atoms with van der Waals surface area (Å²) in [5, 5.41) is 0. The van der Waals surface area contributed by atoms with E-state index in [1.165, 1.54) is 0 Å². The van der Waals surface area contributed by atoms with Crippen molar-refractivity contribution in [2.75, 3.05) is 20.6 Å². The summed E-state index contributed by atoms with van der Waals surface area (Å²) in [7, 11) is 4.11. The average Bonchev–Trinajstić information content (AvgIpc) is 2.86. The molecule has 0 saturated heterocycles. The minimum atomic E-state index is -0.713. The molecule has 0 spiro atoms. The van der Waals surface area contributed by atoms with E-state index < -0.39 is 5.79 Å². The Morgan fingerprint density at radius 2 is 1.40 bits per heavy atom. The quantitative estimate of drug-likeness (QED) is 0.850. The number of para-hydroxylation sites is 2. The van der Waals surface area contributed by atoms with Gasteiger partial charge >= 0.3 is 0 Å². The zero-order valence-electron chi connectivity index (χ0n) is 11.9. The predicted octanol–water partition coefficient (Wildman–Crippen LogP) is 3.26. The normalized spacial score (nSPS) is 15.6. The minimum absolute atomic E-state index is 0.713. The van der Waals surface area contributed by atoms with Gasteiger partial charge in [0.05, 0.1) is 0 Å². The molecule has 3 rings (SSSR count). The first kappa shape index (κ1) is 13.0. The third-order valence-corrected chi connectivity index (χ3v) is 3.50. The Morgan fingerprint density at radius 1 is 0.850 bits per heavy atom. The molecule has 0 N–H and O–H groups in total. The van der Waals surface area contributed by atoms with Gasteiger partial charge in [0.1, 0.15) is 0 Å². The third-order valence-electron chi connectivity index (χ3n) is 3.50. The highest BCUT2D eigenvalue weighted by molar-refractivity contribution is 5.44. The highest BCUT2D eigenvalue weighted by Crippen LogP contribution is 2.45. The van der Waals surface area contributed by atoms with Crippen LogP contribution in [0.3, 0.4) is 0 Å². The standard InChI is InChI=1S/C17H19NO2/c1-18(2)13-12-17(14-8-4-3-5-9-14)19-15-10-6-7-11-16(15)20-17/h3-11H,12-13H2,1-2H3. The van der Waals surface area contributed by atoms with E-state index in [0.717, 1.165) is 30.0 Å². The van der Waals surface area contributed by atoms with Gasteiger partial charge in [-0.3, -0.25) is 0 Å². The van der Waals surface area contributed by atoms with Crippen molar-refractivity contribution in [3.05, 3.63) is 60.2 Å². The average molecular weight is 269 g/mol. The van der Waals surface area contributed by atoms with E-state index in [9.17, 15) is 0 Å². The van der Waals surface area contributed by atoms with Gasteiger partial charge in [-0.05, 0) is 26.2 Å². The van der Waals surface area contributed by atoms with Gasteiger partial charge in [-0.15, -0.1) is 0 Å². The van der Waals surface area contributed by atoms with Crippen molar-refractivity contribution < 1.29 is 9.47 Å². The highest BCUT2D eigenvalue weighted by atomic mass is 16.7. The number of rotatable bonds is 4. The zero-order chi connectivity index (χ0) is 14.0. The Bertz CT molecular complexity index is 556. The highest BCUT2D eigenvalue weighted by Gasteiger charge is 2.42. The summed E-state index contributed by atoms with van der Waals surface area (Å²) < 4.78 is 12.4. The summed E-state index contributed by atoms with van der Waals surface area (Å²) in [5.74, 6) is 0.917. The van der Waals surface area contributed by atoms with Gasteiger partial charge in [-0.2, -0.15) is 0 Å². The predicted molar refractivity (Wildman–Crippen MR) is 79.0 cm³/mol. The molecular weight excluding hydrogens is 250 g/mol. The lowest BCUT2D eigenvalue weighted by molar-refractivity contribution is -0.0960. The summed E-state index contributed by atoms with van der Waals surface area (Å²) in [6.45, 7) is 0.892. The monoisotopic (exact) mass is 269 g/mol. The molecule has 0 unspecified atom stereocenters. The van der Waals surface area contributed by atoms with Gasteiger partial charge in [-0.1, -0.05) is 42.5 Å². The summed E-state index contributed by atoms with van der Waals surface area (Å²) in [6.07, 6.45) is 0.776. The first-order chi connectivity index (χ1) is 9.70. The van der Waals surface area contributed by atoms with Crippen LogP contribution in [0.4, 0.5) is 0 Å². The molecule has 1 heterocycles. The Morgan fingerprint density at radius 3 is 1.95 bits per heavy atom. The molecule has 0 amide bonds. The van der Waals surface area contributed by atoms with E-state index in [4.69, 9.17) is 9.47 Å². The Balaban J connectivity index is 1.95. The van der Waals surface area contributed by atoms with Crippen molar-refractivity contribution >= 4 is 0 Å². The van der Waals surface area contributed by atoms with Crippen LogP contribution in [0.1, 0.15) is 12.0 Å². The number of fused-ring (bicyclic) bond motifs is 1. The molecule has 104 valence electrons. The molecule has 0 aromatic heterocycles. The van der Waals surface area contributed by atoms with Crippen LogP contribution in [-0.4, -0.2) is 25.5 Å². The summed E-state index contributed by atoms with van der Waals surface area (Å²) in [4.78, 5) is 2.14. The molecule has 2 aromatic carbocycles. The van der Waals surface area contributed by atoms with Gasteiger partial charge in [0.25, 0.3) is 5.79 Å². The van der Waals surface area contributed by atoms with Crippen LogP contribution >= 0.6 is 0 Å². The smallest absolute Gasteiger partial charge is 0.279 e. The fourth-order valence-corrected chi connectivity index (χ4v) is 2.42. The third kappa shape index (κ3) is 2.37. The van der Waals surface area contributed by atoms with Crippen LogP contribution in [-0.2, 0) is 5.79 Å². The molecular formula is C17H19NO2. The molecule has 2 aromatic rings. The molecule has 1 aliphatic rings. The number of ether oxygens (including phenoxy) is 2. The number of hydrogen-bond donors (Lipinski definition) is 0. The number of benzene rings is 2. The van der Waals surface area contributed by atoms with Crippen LogP contribution in [0, 0.1) is 0 Å². The molecule has 0 saturated carbocycles. The maximum absolute atomic E-state index is 6.18.